The molecule has 0 spiro atoms. The minimum atomic E-state index is 0.351. The van der Waals surface area contributed by atoms with E-state index in [0.29, 0.717) is 12.0 Å². The number of fused-ring (bicyclic) bond motifs is 6. The summed E-state index contributed by atoms with van der Waals surface area (Å²) >= 11 is 0. The summed E-state index contributed by atoms with van der Waals surface area (Å²) in [6, 6.07) is 20.7. The highest BCUT2D eigenvalue weighted by Gasteiger charge is 2.32. The molecular weight excluding hydrogens is 400 g/mol. The standard InChI is InChI=1S/C31H35N2/c1-18(2)24-15-11-16-25-28-22(7)14-10-17-26(28)33-30(27-20(5)12-9-13-21(27)6)23(8)32(19(3)4)31(33)29(24)25/h9-19H,1-8H3/q+1. The van der Waals surface area contributed by atoms with Crippen molar-refractivity contribution in [3.63, 3.8) is 0 Å². The Kier molecular flexibility index (Phi) is 5.08. The van der Waals surface area contributed by atoms with Crippen LogP contribution in [0.4, 0.5) is 0 Å². The lowest BCUT2D eigenvalue weighted by atomic mass is 9.93. The summed E-state index contributed by atoms with van der Waals surface area (Å²) in [7, 11) is 0. The van der Waals surface area contributed by atoms with Crippen LogP contribution in [0.3, 0.4) is 0 Å². The Morgan fingerprint density at radius 3 is 1.94 bits per heavy atom. The van der Waals surface area contributed by atoms with E-state index in [4.69, 9.17) is 0 Å². The van der Waals surface area contributed by atoms with Crippen LogP contribution in [0.25, 0.3) is 38.6 Å². The molecule has 168 valence electrons. The lowest BCUT2D eigenvalue weighted by Crippen LogP contribution is -2.26. The molecule has 0 aliphatic carbocycles. The molecule has 2 heterocycles. The van der Waals surface area contributed by atoms with E-state index in [0.717, 1.165) is 0 Å². The zero-order valence-electron chi connectivity index (χ0n) is 21.2. The van der Waals surface area contributed by atoms with E-state index >= 15 is 0 Å². The summed E-state index contributed by atoms with van der Waals surface area (Å²) < 4.78 is 5.14. The van der Waals surface area contributed by atoms with Gasteiger partial charge in [0.25, 0.3) is 5.65 Å². The molecule has 0 N–H and O–H groups in total. The van der Waals surface area contributed by atoms with Gasteiger partial charge in [-0.3, -0.25) is 0 Å². The van der Waals surface area contributed by atoms with E-state index in [-0.39, 0.29) is 0 Å². The van der Waals surface area contributed by atoms with Gasteiger partial charge in [0.05, 0.1) is 11.4 Å². The predicted molar refractivity (Wildman–Crippen MR) is 141 cm³/mol. The summed E-state index contributed by atoms with van der Waals surface area (Å²) in [6.45, 7) is 18.3. The first-order valence-corrected chi connectivity index (χ1v) is 12.2. The third kappa shape index (κ3) is 3.04. The molecule has 33 heavy (non-hydrogen) atoms. The van der Waals surface area contributed by atoms with Gasteiger partial charge in [0.2, 0.25) is 0 Å². The van der Waals surface area contributed by atoms with Gasteiger partial charge in [-0.15, -0.1) is 0 Å². The van der Waals surface area contributed by atoms with Gasteiger partial charge in [-0.25, -0.2) is 4.57 Å². The second-order valence-electron chi connectivity index (χ2n) is 10.2. The largest absolute Gasteiger partial charge is 0.295 e. The molecule has 0 fully saturated rings. The monoisotopic (exact) mass is 435 g/mol. The van der Waals surface area contributed by atoms with Crippen LogP contribution in [0, 0.1) is 27.7 Å². The maximum Gasteiger partial charge on any atom is 0.295 e. The van der Waals surface area contributed by atoms with Gasteiger partial charge in [0.1, 0.15) is 11.2 Å². The van der Waals surface area contributed by atoms with Gasteiger partial charge in [0.15, 0.2) is 5.69 Å². The Hall–Kier alpha value is -3.13. The first-order chi connectivity index (χ1) is 15.7. The van der Waals surface area contributed by atoms with Gasteiger partial charge in [-0.2, -0.15) is 4.40 Å². The number of nitrogens with zero attached hydrogens (tertiary/aromatic N) is 2. The molecule has 0 atom stereocenters. The average molecular weight is 436 g/mol. The Bertz CT molecular complexity index is 1530. The van der Waals surface area contributed by atoms with Crippen molar-refractivity contribution in [1.82, 2.24) is 4.57 Å². The van der Waals surface area contributed by atoms with Crippen LogP contribution < -0.4 is 4.40 Å². The lowest BCUT2D eigenvalue weighted by Gasteiger charge is -2.15. The van der Waals surface area contributed by atoms with Crippen LogP contribution in [0.2, 0.25) is 0 Å². The average Bonchev–Trinajstić information content (AvgIpc) is 3.06. The molecule has 3 aromatic carbocycles. The van der Waals surface area contributed by atoms with Crippen molar-refractivity contribution in [3.05, 3.63) is 82.5 Å². The number of benzene rings is 3. The fourth-order valence-corrected chi connectivity index (χ4v) is 5.93. The summed E-state index contributed by atoms with van der Waals surface area (Å²) in [6.07, 6.45) is 0. The Balaban J connectivity index is 2.21. The van der Waals surface area contributed by atoms with Crippen molar-refractivity contribution in [3.8, 4) is 11.3 Å². The molecule has 5 rings (SSSR count). The van der Waals surface area contributed by atoms with E-state index in [1.807, 2.05) is 0 Å². The van der Waals surface area contributed by atoms with Crippen LogP contribution in [-0.4, -0.2) is 4.57 Å². The molecule has 0 saturated heterocycles. The molecule has 0 amide bonds. The molecule has 0 bridgehead atoms. The molecule has 2 aromatic heterocycles. The van der Waals surface area contributed by atoms with Gasteiger partial charge in [0, 0.05) is 23.3 Å². The Labute approximate surface area is 197 Å². The molecule has 2 nitrogen and oxygen atoms in total. The van der Waals surface area contributed by atoms with Gasteiger partial charge in [-0.05, 0) is 68.9 Å². The van der Waals surface area contributed by atoms with Crippen LogP contribution >= 0.6 is 0 Å². The molecule has 0 aliphatic heterocycles. The number of hydrogen-bond donors (Lipinski definition) is 0. The second kappa shape index (κ2) is 7.73. The van der Waals surface area contributed by atoms with Crippen molar-refractivity contribution >= 4 is 27.3 Å². The number of hydrogen-bond acceptors (Lipinski definition) is 0. The number of aryl methyl sites for hydroxylation is 3. The van der Waals surface area contributed by atoms with Gasteiger partial charge in [-0.1, -0.05) is 62.4 Å². The Morgan fingerprint density at radius 1 is 0.697 bits per heavy atom. The lowest BCUT2D eigenvalue weighted by molar-refractivity contribution is -0.467. The van der Waals surface area contributed by atoms with Crippen molar-refractivity contribution in [2.75, 3.05) is 0 Å². The second-order valence-corrected chi connectivity index (χ2v) is 10.2. The molecule has 5 aromatic rings. The van der Waals surface area contributed by atoms with Crippen LogP contribution in [-0.2, 0) is 0 Å². The fraction of sp³-hybridized carbons (Fsp3) is 0.323. The summed E-state index contributed by atoms with van der Waals surface area (Å²) in [4.78, 5) is 0. The van der Waals surface area contributed by atoms with E-state index in [9.17, 15) is 0 Å². The maximum absolute atomic E-state index is 2.57. The number of aromatic nitrogens is 2. The van der Waals surface area contributed by atoms with E-state index in [2.05, 4.69) is 119 Å². The zero-order chi connectivity index (χ0) is 23.6. The molecular formula is C31H35N2+. The first kappa shape index (κ1) is 21.7. The van der Waals surface area contributed by atoms with Crippen molar-refractivity contribution < 1.29 is 4.40 Å². The zero-order valence-corrected chi connectivity index (χ0v) is 21.2. The number of rotatable bonds is 3. The number of imidazole rings is 1. The quantitative estimate of drug-likeness (QED) is 0.200. The van der Waals surface area contributed by atoms with Gasteiger partial charge >= 0.3 is 0 Å². The Morgan fingerprint density at radius 2 is 1.30 bits per heavy atom. The minimum absolute atomic E-state index is 0.351. The molecule has 0 aliphatic rings. The van der Waals surface area contributed by atoms with Crippen LogP contribution in [0.1, 0.15) is 67.6 Å². The maximum atomic E-state index is 2.57. The SMILES string of the molecule is Cc1cccc(C)c1-c1c(C)n(C(C)C)c2c3c(C(C)C)cccc3c3c(C)cccc3[n+]12. The smallest absolute Gasteiger partial charge is 0.224 e. The number of pyridine rings is 1. The van der Waals surface area contributed by atoms with Gasteiger partial charge < -0.3 is 0 Å². The fourth-order valence-electron chi connectivity index (χ4n) is 5.93. The molecule has 0 saturated carbocycles. The highest BCUT2D eigenvalue weighted by molar-refractivity contribution is 6.12. The van der Waals surface area contributed by atoms with E-state index < -0.39 is 0 Å². The molecule has 2 heteroatoms. The van der Waals surface area contributed by atoms with Crippen molar-refractivity contribution in [2.45, 2.75) is 67.3 Å². The van der Waals surface area contributed by atoms with Crippen LogP contribution in [0.15, 0.2) is 54.6 Å². The third-order valence-corrected chi connectivity index (χ3v) is 7.31. The van der Waals surface area contributed by atoms with Crippen molar-refractivity contribution in [1.29, 1.82) is 0 Å². The minimum Gasteiger partial charge on any atom is -0.224 e. The summed E-state index contributed by atoms with van der Waals surface area (Å²) in [5.41, 5.74) is 12.0. The molecule has 0 radical (unpaired) electrons. The van der Waals surface area contributed by atoms with E-state index in [1.165, 1.54) is 66.5 Å². The highest BCUT2D eigenvalue weighted by atomic mass is 15.2. The van der Waals surface area contributed by atoms with Crippen molar-refractivity contribution in [2.24, 2.45) is 0 Å². The van der Waals surface area contributed by atoms with Crippen LogP contribution in [0.5, 0.6) is 0 Å². The highest BCUT2D eigenvalue weighted by Crippen LogP contribution is 2.39. The van der Waals surface area contributed by atoms with E-state index in [1.54, 1.807) is 0 Å². The molecule has 0 unspecified atom stereocenters. The summed E-state index contributed by atoms with van der Waals surface area (Å²) in [5, 5.41) is 4.12. The first-order valence-electron chi connectivity index (χ1n) is 12.2. The third-order valence-electron chi connectivity index (χ3n) is 7.31. The summed E-state index contributed by atoms with van der Waals surface area (Å²) in [5.74, 6) is 0.443. The normalized spacial score (nSPS) is 12.2. The topological polar surface area (TPSA) is 9.03 Å². The predicted octanol–water partition coefficient (Wildman–Crippen LogP) is 8.14.